The van der Waals surface area contributed by atoms with Gasteiger partial charge in [0.25, 0.3) is 0 Å². The molecule has 0 unspecified atom stereocenters. The van der Waals surface area contributed by atoms with E-state index in [0.29, 0.717) is 6.54 Å². The Morgan fingerprint density at radius 3 is 2.45 bits per heavy atom. The molecule has 0 amide bonds. The molecule has 2 aromatic carbocycles. The molecule has 0 aliphatic heterocycles. The number of para-hydroxylation sites is 1. The van der Waals surface area contributed by atoms with E-state index in [1.807, 2.05) is 32.0 Å². The van der Waals surface area contributed by atoms with Crippen LogP contribution in [0.1, 0.15) is 27.2 Å². The molecule has 3 aromatic rings. The number of halogens is 1. The quantitative estimate of drug-likeness (QED) is 0.789. The Kier molecular flexibility index (Phi) is 3.45. The Hall–Kier alpha value is -2.62. The van der Waals surface area contributed by atoms with Gasteiger partial charge >= 0.3 is 5.97 Å². The van der Waals surface area contributed by atoms with Crippen LogP contribution in [-0.2, 0) is 6.54 Å². The molecule has 0 fully saturated rings. The van der Waals surface area contributed by atoms with E-state index >= 15 is 0 Å². The van der Waals surface area contributed by atoms with E-state index in [1.165, 1.54) is 12.1 Å². The van der Waals surface area contributed by atoms with E-state index in [9.17, 15) is 14.3 Å². The predicted octanol–water partition coefficient (Wildman–Crippen LogP) is 4.14. The van der Waals surface area contributed by atoms with Gasteiger partial charge in [0.05, 0.1) is 5.52 Å². The highest BCUT2D eigenvalue weighted by atomic mass is 19.1. The average molecular weight is 297 g/mol. The second kappa shape index (κ2) is 5.30. The highest BCUT2D eigenvalue weighted by Gasteiger charge is 2.20. The van der Waals surface area contributed by atoms with Crippen LogP contribution in [-0.4, -0.2) is 15.6 Å². The number of hydrogen-bond donors (Lipinski definition) is 1. The van der Waals surface area contributed by atoms with Crippen molar-refractivity contribution in [2.45, 2.75) is 20.4 Å². The maximum atomic E-state index is 13.1. The zero-order valence-electron chi connectivity index (χ0n) is 12.4. The Bertz CT molecular complexity index is 863. The van der Waals surface area contributed by atoms with Gasteiger partial charge < -0.3 is 9.67 Å². The molecule has 112 valence electrons. The fourth-order valence-electron chi connectivity index (χ4n) is 2.97. The summed E-state index contributed by atoms with van der Waals surface area (Å²) in [7, 11) is 0. The van der Waals surface area contributed by atoms with E-state index in [0.717, 1.165) is 27.6 Å². The van der Waals surface area contributed by atoms with E-state index in [1.54, 1.807) is 16.7 Å². The van der Waals surface area contributed by atoms with Crippen molar-refractivity contribution >= 4 is 16.9 Å². The number of aromatic nitrogens is 1. The number of nitrogens with zero attached hydrogens (tertiary/aromatic N) is 1. The fraction of sp³-hybridized carbons (Fsp3) is 0.167. The number of fused-ring (bicyclic) bond motifs is 1. The first-order valence-electron chi connectivity index (χ1n) is 7.05. The lowest BCUT2D eigenvalue weighted by Crippen LogP contribution is -2.11. The summed E-state index contributed by atoms with van der Waals surface area (Å²) in [5.74, 6) is -1.25. The van der Waals surface area contributed by atoms with Crippen molar-refractivity contribution in [3.05, 3.63) is 70.7 Å². The summed E-state index contributed by atoms with van der Waals surface area (Å²) < 4.78 is 14.9. The van der Waals surface area contributed by atoms with Gasteiger partial charge in [-0.3, -0.25) is 0 Å². The lowest BCUT2D eigenvalue weighted by atomic mass is 10.1. The van der Waals surface area contributed by atoms with Crippen molar-refractivity contribution in [3.8, 4) is 0 Å². The summed E-state index contributed by atoms with van der Waals surface area (Å²) in [6, 6.07) is 12.0. The van der Waals surface area contributed by atoms with Crippen LogP contribution in [0.4, 0.5) is 4.39 Å². The molecule has 0 aliphatic carbocycles. The zero-order chi connectivity index (χ0) is 15.9. The summed E-state index contributed by atoms with van der Waals surface area (Å²) in [6.45, 7) is 4.19. The third-order valence-electron chi connectivity index (χ3n) is 3.99. The van der Waals surface area contributed by atoms with Crippen molar-refractivity contribution in [2.75, 3.05) is 0 Å². The Morgan fingerprint density at radius 2 is 1.82 bits per heavy atom. The van der Waals surface area contributed by atoms with Crippen LogP contribution in [0.2, 0.25) is 0 Å². The number of aryl methyl sites for hydroxylation is 2. The molecular weight excluding hydrogens is 281 g/mol. The smallest absolute Gasteiger partial charge is 0.352 e. The van der Waals surface area contributed by atoms with Crippen LogP contribution in [0.25, 0.3) is 10.9 Å². The molecule has 3 rings (SSSR count). The summed E-state index contributed by atoms with van der Waals surface area (Å²) in [4.78, 5) is 11.7. The molecular formula is C18H16FNO2. The van der Waals surface area contributed by atoms with Crippen LogP contribution in [0.15, 0.2) is 42.5 Å². The van der Waals surface area contributed by atoms with Gasteiger partial charge in [0.1, 0.15) is 11.5 Å². The molecule has 3 nitrogen and oxygen atoms in total. The second-order valence-electron chi connectivity index (χ2n) is 5.46. The molecule has 22 heavy (non-hydrogen) atoms. The second-order valence-corrected chi connectivity index (χ2v) is 5.46. The predicted molar refractivity (Wildman–Crippen MR) is 83.9 cm³/mol. The molecule has 1 heterocycles. The molecule has 0 bridgehead atoms. The van der Waals surface area contributed by atoms with Crippen LogP contribution in [0.3, 0.4) is 0 Å². The monoisotopic (exact) mass is 297 g/mol. The number of carboxylic acids is 1. The van der Waals surface area contributed by atoms with Gasteiger partial charge in [0.2, 0.25) is 0 Å². The van der Waals surface area contributed by atoms with Crippen LogP contribution < -0.4 is 0 Å². The van der Waals surface area contributed by atoms with Crippen molar-refractivity contribution in [1.29, 1.82) is 0 Å². The topological polar surface area (TPSA) is 42.2 Å². The van der Waals surface area contributed by atoms with E-state index in [-0.39, 0.29) is 11.5 Å². The Balaban J connectivity index is 2.24. The van der Waals surface area contributed by atoms with E-state index in [2.05, 4.69) is 0 Å². The molecule has 4 heteroatoms. The van der Waals surface area contributed by atoms with Gasteiger partial charge in [-0.15, -0.1) is 0 Å². The number of aromatic carboxylic acids is 1. The summed E-state index contributed by atoms with van der Waals surface area (Å²) in [5, 5.41) is 10.5. The third-order valence-corrected chi connectivity index (χ3v) is 3.99. The summed E-state index contributed by atoms with van der Waals surface area (Å²) in [6.07, 6.45) is 0. The van der Waals surface area contributed by atoms with Crippen LogP contribution in [0.5, 0.6) is 0 Å². The number of hydrogen-bond acceptors (Lipinski definition) is 1. The third kappa shape index (κ3) is 2.26. The minimum atomic E-state index is -0.949. The Labute approximate surface area is 127 Å². The molecule has 1 aromatic heterocycles. The van der Waals surface area contributed by atoms with Gasteiger partial charge in [-0.2, -0.15) is 0 Å². The first-order valence-corrected chi connectivity index (χ1v) is 7.05. The highest BCUT2D eigenvalue weighted by Crippen LogP contribution is 2.29. The van der Waals surface area contributed by atoms with Gasteiger partial charge in [-0.25, -0.2) is 9.18 Å². The number of carboxylic acid groups (broad SMARTS) is 1. The number of carbonyl (C=O) groups is 1. The first-order chi connectivity index (χ1) is 10.5. The Morgan fingerprint density at radius 1 is 1.14 bits per heavy atom. The van der Waals surface area contributed by atoms with Crippen molar-refractivity contribution < 1.29 is 14.3 Å². The first kappa shape index (κ1) is 14.3. The molecule has 0 atom stereocenters. The lowest BCUT2D eigenvalue weighted by Gasteiger charge is -2.10. The minimum Gasteiger partial charge on any atom is -0.477 e. The van der Waals surface area contributed by atoms with Crippen LogP contribution >= 0.6 is 0 Å². The van der Waals surface area contributed by atoms with Gasteiger partial charge in [-0.05, 0) is 42.7 Å². The standard InChI is InChI=1S/C18H16FNO2/c1-11-4-3-5-15-12(2)17(18(21)22)20(16(11)15)10-13-6-8-14(19)9-7-13/h3-9H,10H2,1-2H3,(H,21,22). The van der Waals surface area contributed by atoms with Crippen molar-refractivity contribution in [2.24, 2.45) is 0 Å². The molecule has 1 N–H and O–H groups in total. The van der Waals surface area contributed by atoms with Gasteiger partial charge in [-0.1, -0.05) is 30.3 Å². The number of rotatable bonds is 3. The molecule has 0 spiro atoms. The molecule has 0 aliphatic rings. The number of benzene rings is 2. The maximum absolute atomic E-state index is 13.1. The van der Waals surface area contributed by atoms with E-state index < -0.39 is 5.97 Å². The van der Waals surface area contributed by atoms with Gasteiger partial charge in [0.15, 0.2) is 0 Å². The normalized spacial score (nSPS) is 11.0. The maximum Gasteiger partial charge on any atom is 0.352 e. The fourth-order valence-corrected chi connectivity index (χ4v) is 2.97. The van der Waals surface area contributed by atoms with Crippen LogP contribution in [0, 0.1) is 19.7 Å². The largest absolute Gasteiger partial charge is 0.477 e. The highest BCUT2D eigenvalue weighted by molar-refractivity contribution is 5.99. The molecule has 0 saturated heterocycles. The molecule has 0 radical (unpaired) electrons. The molecule has 0 saturated carbocycles. The van der Waals surface area contributed by atoms with Crippen molar-refractivity contribution in [3.63, 3.8) is 0 Å². The lowest BCUT2D eigenvalue weighted by molar-refractivity contribution is 0.0685. The minimum absolute atomic E-state index is 0.286. The van der Waals surface area contributed by atoms with Crippen molar-refractivity contribution in [1.82, 2.24) is 4.57 Å². The van der Waals surface area contributed by atoms with E-state index in [4.69, 9.17) is 0 Å². The summed E-state index contributed by atoms with van der Waals surface area (Å²) >= 11 is 0. The van der Waals surface area contributed by atoms with Gasteiger partial charge in [0, 0.05) is 11.9 Å². The average Bonchev–Trinajstić information content (AvgIpc) is 2.76. The SMILES string of the molecule is Cc1c(C(=O)O)n(Cc2ccc(F)cc2)c2c(C)cccc12. The zero-order valence-corrected chi connectivity index (χ0v) is 12.4. The summed E-state index contributed by atoms with van der Waals surface area (Å²) in [5.41, 5.74) is 3.85.